The molecule has 8 nitrogen and oxygen atoms in total. The van der Waals surface area contributed by atoms with Crippen LogP contribution < -0.4 is 15.5 Å². The number of methoxy groups -OCH3 is 1. The van der Waals surface area contributed by atoms with Crippen LogP contribution >= 0.6 is 0 Å². The molecule has 0 aliphatic heterocycles. The maximum atomic E-state index is 11.9. The molecule has 0 spiro atoms. The SMILES string of the molecule is COc1cccc(NCC(=O)N/N=C(/C)c2ccccc2[N+](=O)[O-])c1. The summed E-state index contributed by atoms with van der Waals surface area (Å²) in [6.07, 6.45) is 0. The van der Waals surface area contributed by atoms with Crippen molar-refractivity contribution < 1.29 is 14.5 Å². The lowest BCUT2D eigenvalue weighted by Gasteiger charge is -2.07. The zero-order chi connectivity index (χ0) is 18.2. The van der Waals surface area contributed by atoms with Crippen LogP contribution in [0.4, 0.5) is 11.4 Å². The van der Waals surface area contributed by atoms with Gasteiger partial charge in [0, 0.05) is 17.8 Å². The highest BCUT2D eigenvalue weighted by molar-refractivity contribution is 6.02. The second-order valence-corrected chi connectivity index (χ2v) is 5.09. The fraction of sp³-hybridized carbons (Fsp3) is 0.176. The molecule has 0 saturated heterocycles. The van der Waals surface area contributed by atoms with E-state index in [4.69, 9.17) is 4.74 Å². The third kappa shape index (κ3) is 5.03. The van der Waals surface area contributed by atoms with Crippen molar-refractivity contribution in [3.05, 3.63) is 64.2 Å². The van der Waals surface area contributed by atoms with Gasteiger partial charge in [-0.25, -0.2) is 5.43 Å². The first-order chi connectivity index (χ1) is 12.0. The molecule has 2 rings (SSSR count). The average molecular weight is 342 g/mol. The molecule has 0 fully saturated rings. The number of para-hydroxylation sites is 1. The van der Waals surface area contributed by atoms with Gasteiger partial charge in [0.25, 0.3) is 11.6 Å². The van der Waals surface area contributed by atoms with E-state index in [9.17, 15) is 14.9 Å². The van der Waals surface area contributed by atoms with E-state index in [0.717, 1.165) is 5.69 Å². The number of hydrogen-bond donors (Lipinski definition) is 2. The Morgan fingerprint density at radius 2 is 2.00 bits per heavy atom. The smallest absolute Gasteiger partial charge is 0.278 e. The molecule has 0 radical (unpaired) electrons. The van der Waals surface area contributed by atoms with E-state index in [1.54, 1.807) is 56.5 Å². The average Bonchev–Trinajstić information content (AvgIpc) is 2.64. The van der Waals surface area contributed by atoms with Gasteiger partial charge in [-0.15, -0.1) is 0 Å². The lowest BCUT2D eigenvalue weighted by Crippen LogP contribution is -2.26. The summed E-state index contributed by atoms with van der Waals surface area (Å²) in [5, 5.41) is 17.9. The first-order valence-corrected chi connectivity index (χ1v) is 7.46. The van der Waals surface area contributed by atoms with E-state index < -0.39 is 4.92 Å². The molecule has 2 aromatic carbocycles. The lowest BCUT2D eigenvalue weighted by atomic mass is 10.1. The van der Waals surface area contributed by atoms with E-state index in [0.29, 0.717) is 17.0 Å². The van der Waals surface area contributed by atoms with E-state index in [-0.39, 0.29) is 18.1 Å². The van der Waals surface area contributed by atoms with Crippen LogP contribution in [0.1, 0.15) is 12.5 Å². The molecule has 130 valence electrons. The fourth-order valence-electron chi connectivity index (χ4n) is 2.10. The van der Waals surface area contributed by atoms with Gasteiger partial charge in [0.05, 0.1) is 29.9 Å². The molecule has 25 heavy (non-hydrogen) atoms. The summed E-state index contributed by atoms with van der Waals surface area (Å²) in [7, 11) is 1.56. The van der Waals surface area contributed by atoms with Crippen molar-refractivity contribution >= 4 is 23.0 Å². The van der Waals surface area contributed by atoms with Gasteiger partial charge in [-0.3, -0.25) is 14.9 Å². The molecule has 0 aliphatic carbocycles. The number of benzene rings is 2. The van der Waals surface area contributed by atoms with Crippen molar-refractivity contribution in [3.8, 4) is 5.75 Å². The number of anilines is 1. The van der Waals surface area contributed by atoms with E-state index in [1.807, 2.05) is 0 Å². The predicted octanol–water partition coefficient (Wildman–Crippen LogP) is 2.56. The van der Waals surface area contributed by atoms with Crippen LogP contribution in [-0.4, -0.2) is 30.2 Å². The minimum atomic E-state index is -0.486. The van der Waals surface area contributed by atoms with E-state index in [2.05, 4.69) is 15.8 Å². The highest BCUT2D eigenvalue weighted by Crippen LogP contribution is 2.18. The molecule has 8 heteroatoms. The summed E-state index contributed by atoms with van der Waals surface area (Å²) in [5.41, 5.74) is 3.75. The maximum absolute atomic E-state index is 11.9. The second kappa shape index (κ2) is 8.44. The van der Waals surface area contributed by atoms with Crippen molar-refractivity contribution in [3.63, 3.8) is 0 Å². The molecule has 0 saturated carbocycles. The topological polar surface area (TPSA) is 106 Å². The van der Waals surface area contributed by atoms with Crippen LogP contribution in [0.5, 0.6) is 5.75 Å². The number of ether oxygens (including phenoxy) is 1. The van der Waals surface area contributed by atoms with E-state index >= 15 is 0 Å². The van der Waals surface area contributed by atoms with Crippen molar-refractivity contribution in [1.29, 1.82) is 0 Å². The number of amides is 1. The van der Waals surface area contributed by atoms with Crippen molar-refractivity contribution in [2.24, 2.45) is 5.10 Å². The lowest BCUT2D eigenvalue weighted by molar-refractivity contribution is -0.385. The fourth-order valence-corrected chi connectivity index (χ4v) is 2.10. The number of carbonyl (C=O) groups excluding carboxylic acids is 1. The van der Waals surface area contributed by atoms with Crippen molar-refractivity contribution in [2.75, 3.05) is 19.0 Å². The van der Waals surface area contributed by atoms with Crippen LogP contribution in [0.3, 0.4) is 0 Å². The third-order valence-electron chi connectivity index (χ3n) is 3.36. The minimum Gasteiger partial charge on any atom is -0.497 e. The van der Waals surface area contributed by atoms with Gasteiger partial charge in [-0.05, 0) is 25.1 Å². The van der Waals surface area contributed by atoms with Gasteiger partial charge in [0.2, 0.25) is 0 Å². The maximum Gasteiger partial charge on any atom is 0.278 e. The van der Waals surface area contributed by atoms with Crippen molar-refractivity contribution in [1.82, 2.24) is 5.43 Å². The predicted molar refractivity (Wildman–Crippen MR) is 94.9 cm³/mol. The number of hydrogen-bond acceptors (Lipinski definition) is 6. The second-order valence-electron chi connectivity index (χ2n) is 5.09. The number of nitro groups is 1. The van der Waals surface area contributed by atoms with Gasteiger partial charge in [-0.1, -0.05) is 18.2 Å². The number of nitrogens with one attached hydrogen (secondary N) is 2. The van der Waals surface area contributed by atoms with Crippen molar-refractivity contribution in [2.45, 2.75) is 6.92 Å². The molecule has 0 atom stereocenters. The molecule has 0 heterocycles. The third-order valence-corrected chi connectivity index (χ3v) is 3.36. The Kier molecular flexibility index (Phi) is 6.05. The molecule has 2 aromatic rings. The Balaban J connectivity index is 1.96. The molecular formula is C17H18N4O4. The number of nitrogens with zero attached hydrogens (tertiary/aromatic N) is 2. The van der Waals surface area contributed by atoms with Crippen LogP contribution in [0.25, 0.3) is 0 Å². The summed E-state index contributed by atoms with van der Waals surface area (Å²) < 4.78 is 5.10. The first kappa shape index (κ1) is 17.9. The van der Waals surface area contributed by atoms with Gasteiger partial charge >= 0.3 is 0 Å². The van der Waals surface area contributed by atoms with Crippen LogP contribution in [-0.2, 0) is 4.79 Å². The molecule has 0 aliphatic rings. The molecule has 0 unspecified atom stereocenters. The summed E-state index contributed by atoms with van der Waals surface area (Å²) in [6, 6.07) is 13.4. The van der Waals surface area contributed by atoms with Gasteiger partial charge in [0.15, 0.2) is 0 Å². The molecule has 1 amide bonds. The minimum absolute atomic E-state index is 0.000824. The highest BCUT2D eigenvalue weighted by Gasteiger charge is 2.14. The normalized spacial score (nSPS) is 10.9. The molecule has 0 aromatic heterocycles. The molecular weight excluding hydrogens is 324 g/mol. The Labute approximate surface area is 144 Å². The number of rotatable bonds is 7. The van der Waals surface area contributed by atoms with E-state index in [1.165, 1.54) is 6.07 Å². The van der Waals surface area contributed by atoms with Gasteiger partial charge in [-0.2, -0.15) is 5.10 Å². The summed E-state index contributed by atoms with van der Waals surface area (Å²) in [5.74, 6) is 0.302. The van der Waals surface area contributed by atoms with Crippen LogP contribution in [0, 0.1) is 10.1 Å². The largest absolute Gasteiger partial charge is 0.497 e. The number of hydrazone groups is 1. The first-order valence-electron chi connectivity index (χ1n) is 7.46. The Hall–Kier alpha value is -3.42. The van der Waals surface area contributed by atoms with Crippen LogP contribution in [0.2, 0.25) is 0 Å². The monoisotopic (exact) mass is 342 g/mol. The Morgan fingerprint density at radius 1 is 1.24 bits per heavy atom. The standard InChI is InChI=1S/C17H18N4O4/c1-12(15-8-3-4-9-16(15)21(23)24)19-20-17(22)11-18-13-6-5-7-14(10-13)25-2/h3-10,18H,11H2,1-2H3,(H,20,22)/b19-12-. The number of carbonyl (C=O) groups is 1. The van der Waals surface area contributed by atoms with Gasteiger partial charge < -0.3 is 10.1 Å². The highest BCUT2D eigenvalue weighted by atomic mass is 16.6. The zero-order valence-corrected chi connectivity index (χ0v) is 13.9. The molecule has 2 N–H and O–H groups in total. The Bertz CT molecular complexity index is 805. The zero-order valence-electron chi connectivity index (χ0n) is 13.9. The summed E-state index contributed by atoms with van der Waals surface area (Å²) >= 11 is 0. The Morgan fingerprint density at radius 3 is 2.72 bits per heavy atom. The number of nitro benzene ring substituents is 1. The molecule has 0 bridgehead atoms. The summed E-state index contributed by atoms with van der Waals surface area (Å²) in [6.45, 7) is 1.60. The quantitative estimate of drug-likeness (QED) is 0.457. The van der Waals surface area contributed by atoms with Gasteiger partial charge in [0.1, 0.15) is 5.75 Å². The van der Waals surface area contributed by atoms with Crippen LogP contribution in [0.15, 0.2) is 53.6 Å². The summed E-state index contributed by atoms with van der Waals surface area (Å²) in [4.78, 5) is 22.4.